The number of nitrogens with one attached hydrogen (secondary N) is 1. The zero-order chi connectivity index (χ0) is 19.4. The predicted molar refractivity (Wildman–Crippen MR) is 99.0 cm³/mol. The number of methoxy groups -OCH3 is 1. The second kappa shape index (κ2) is 7.50. The lowest BCUT2D eigenvalue weighted by molar-refractivity contribution is -0.146. The molecule has 0 aromatic heterocycles. The zero-order valence-corrected chi connectivity index (χ0v) is 15.1. The lowest BCUT2D eigenvalue weighted by atomic mass is 9.99. The van der Waals surface area contributed by atoms with Crippen molar-refractivity contribution >= 4 is 17.6 Å². The highest BCUT2D eigenvalue weighted by Crippen LogP contribution is 2.65. The summed E-state index contributed by atoms with van der Waals surface area (Å²) in [5, 5.41) is 12.6. The first-order valence-electron chi connectivity index (χ1n) is 8.66. The molecule has 1 fully saturated rings. The van der Waals surface area contributed by atoms with Crippen molar-refractivity contribution in [3.63, 3.8) is 0 Å². The molecule has 3 atom stereocenters. The highest BCUT2D eigenvalue weighted by atomic mass is 16.5. The molecule has 0 saturated heterocycles. The van der Waals surface area contributed by atoms with E-state index in [2.05, 4.69) is 11.4 Å². The van der Waals surface area contributed by atoms with Gasteiger partial charge in [0.15, 0.2) is 5.41 Å². The standard InChI is InChI=1S/C21H20N2O4/c1-3-27-19(24)18-17(14-7-5-4-6-8-14)21(18,13-22)20(25)23-15-9-11-16(26-2)12-10-15/h4-12,17-18H,3H2,1-2H3,(H,23,25)/t17-,18-,21+/m1/s1. The summed E-state index contributed by atoms with van der Waals surface area (Å²) in [5.41, 5.74) is -0.202. The normalized spacial score (nSPS) is 23.0. The molecule has 2 aromatic carbocycles. The van der Waals surface area contributed by atoms with Crippen molar-refractivity contribution in [3.05, 3.63) is 60.2 Å². The highest BCUT2D eigenvalue weighted by Gasteiger charge is 2.75. The van der Waals surface area contributed by atoms with Crippen molar-refractivity contribution in [2.24, 2.45) is 11.3 Å². The van der Waals surface area contributed by atoms with Crippen LogP contribution in [0.2, 0.25) is 0 Å². The van der Waals surface area contributed by atoms with Crippen molar-refractivity contribution in [1.82, 2.24) is 0 Å². The van der Waals surface area contributed by atoms with E-state index in [-0.39, 0.29) is 6.61 Å². The Kier molecular flexibility index (Phi) is 5.13. The molecule has 1 saturated carbocycles. The van der Waals surface area contributed by atoms with E-state index in [9.17, 15) is 14.9 Å². The van der Waals surface area contributed by atoms with Gasteiger partial charge in [0.1, 0.15) is 5.75 Å². The molecule has 0 unspecified atom stereocenters. The van der Waals surface area contributed by atoms with E-state index in [0.29, 0.717) is 11.4 Å². The second-order valence-electron chi connectivity index (χ2n) is 6.28. The van der Waals surface area contributed by atoms with E-state index < -0.39 is 29.1 Å². The molecule has 6 heteroatoms. The van der Waals surface area contributed by atoms with Crippen LogP contribution in [0, 0.1) is 22.7 Å². The first kappa shape index (κ1) is 18.5. The molecule has 3 rings (SSSR count). The summed E-state index contributed by atoms with van der Waals surface area (Å²) in [6.07, 6.45) is 0. The van der Waals surface area contributed by atoms with Gasteiger partial charge in [0.05, 0.1) is 25.7 Å². The maximum absolute atomic E-state index is 13.0. The average molecular weight is 364 g/mol. The average Bonchev–Trinajstić information content (AvgIpc) is 3.40. The molecule has 6 nitrogen and oxygen atoms in total. The van der Waals surface area contributed by atoms with Gasteiger partial charge in [-0.25, -0.2) is 0 Å². The predicted octanol–water partition coefficient (Wildman–Crippen LogP) is 3.12. The van der Waals surface area contributed by atoms with Crippen LogP contribution in [0.5, 0.6) is 5.75 Å². The molecule has 0 spiro atoms. The van der Waals surface area contributed by atoms with Gasteiger partial charge in [-0.1, -0.05) is 30.3 Å². The molecular weight excluding hydrogens is 344 g/mol. The van der Waals surface area contributed by atoms with Gasteiger partial charge in [-0.2, -0.15) is 5.26 Å². The number of amides is 1. The van der Waals surface area contributed by atoms with Gasteiger partial charge in [0, 0.05) is 11.6 Å². The number of carbonyl (C=O) groups excluding carboxylic acids is 2. The van der Waals surface area contributed by atoms with Crippen LogP contribution in [0.25, 0.3) is 0 Å². The van der Waals surface area contributed by atoms with E-state index in [1.807, 2.05) is 30.3 Å². The number of rotatable bonds is 6. The molecule has 1 amide bonds. The fraction of sp³-hybridized carbons (Fsp3) is 0.286. The van der Waals surface area contributed by atoms with Gasteiger partial charge >= 0.3 is 5.97 Å². The van der Waals surface area contributed by atoms with Crippen molar-refractivity contribution in [1.29, 1.82) is 5.26 Å². The van der Waals surface area contributed by atoms with Gasteiger partial charge in [-0.3, -0.25) is 9.59 Å². The summed E-state index contributed by atoms with van der Waals surface area (Å²) in [4.78, 5) is 25.4. The first-order valence-corrected chi connectivity index (χ1v) is 8.66. The Morgan fingerprint density at radius 2 is 1.81 bits per heavy atom. The number of nitriles is 1. The number of nitrogens with zero attached hydrogens (tertiary/aromatic N) is 1. The zero-order valence-electron chi connectivity index (χ0n) is 15.1. The number of anilines is 1. The maximum Gasteiger partial charge on any atom is 0.311 e. The molecule has 1 aliphatic carbocycles. The molecule has 0 heterocycles. The summed E-state index contributed by atoms with van der Waals surface area (Å²) in [6, 6.07) is 18.0. The van der Waals surface area contributed by atoms with Crippen LogP contribution >= 0.6 is 0 Å². The molecule has 1 aliphatic rings. The third-order valence-electron chi connectivity index (χ3n) is 4.81. The summed E-state index contributed by atoms with van der Waals surface area (Å²) in [6.45, 7) is 1.89. The number of hydrogen-bond donors (Lipinski definition) is 1. The molecule has 0 bridgehead atoms. The Bertz CT molecular complexity index is 873. The van der Waals surface area contributed by atoms with Crippen LogP contribution in [-0.2, 0) is 14.3 Å². The van der Waals surface area contributed by atoms with Crippen LogP contribution in [-0.4, -0.2) is 25.6 Å². The van der Waals surface area contributed by atoms with E-state index in [1.54, 1.807) is 38.3 Å². The quantitative estimate of drug-likeness (QED) is 0.796. The second-order valence-corrected chi connectivity index (χ2v) is 6.28. The van der Waals surface area contributed by atoms with Gasteiger partial charge < -0.3 is 14.8 Å². The molecule has 27 heavy (non-hydrogen) atoms. The highest BCUT2D eigenvalue weighted by molar-refractivity contribution is 6.06. The van der Waals surface area contributed by atoms with E-state index >= 15 is 0 Å². The third kappa shape index (κ3) is 3.24. The Balaban J connectivity index is 1.90. The minimum atomic E-state index is -1.49. The molecule has 0 radical (unpaired) electrons. The molecule has 138 valence electrons. The van der Waals surface area contributed by atoms with Crippen LogP contribution < -0.4 is 10.1 Å². The molecule has 0 aliphatic heterocycles. The Labute approximate surface area is 157 Å². The van der Waals surface area contributed by atoms with Crippen LogP contribution in [0.1, 0.15) is 18.4 Å². The van der Waals surface area contributed by atoms with Gasteiger partial charge in [0.25, 0.3) is 0 Å². The fourth-order valence-corrected chi connectivity index (χ4v) is 3.44. The van der Waals surface area contributed by atoms with Crippen LogP contribution in [0.4, 0.5) is 5.69 Å². The summed E-state index contributed by atoms with van der Waals surface area (Å²) in [5.74, 6) is -1.76. The summed E-state index contributed by atoms with van der Waals surface area (Å²) < 4.78 is 10.2. The number of esters is 1. The Morgan fingerprint density at radius 1 is 1.15 bits per heavy atom. The topological polar surface area (TPSA) is 88.4 Å². The number of ether oxygens (including phenoxy) is 2. The molecule has 1 N–H and O–H groups in total. The molecular formula is C21H20N2O4. The fourth-order valence-electron chi connectivity index (χ4n) is 3.44. The maximum atomic E-state index is 13.0. The summed E-state index contributed by atoms with van der Waals surface area (Å²) in [7, 11) is 1.55. The third-order valence-corrected chi connectivity index (χ3v) is 4.81. The number of hydrogen-bond acceptors (Lipinski definition) is 5. The SMILES string of the molecule is CCOC(=O)[C@H]1[C@@H](c2ccccc2)[C@]1(C#N)C(=O)Nc1ccc(OC)cc1. The van der Waals surface area contributed by atoms with Crippen molar-refractivity contribution in [3.8, 4) is 11.8 Å². The largest absolute Gasteiger partial charge is 0.497 e. The minimum Gasteiger partial charge on any atom is -0.497 e. The summed E-state index contributed by atoms with van der Waals surface area (Å²) >= 11 is 0. The van der Waals surface area contributed by atoms with Gasteiger partial charge in [-0.05, 0) is 36.8 Å². The monoisotopic (exact) mass is 364 g/mol. The smallest absolute Gasteiger partial charge is 0.311 e. The van der Waals surface area contributed by atoms with Crippen molar-refractivity contribution in [2.75, 3.05) is 19.0 Å². The van der Waals surface area contributed by atoms with Crippen LogP contribution in [0.15, 0.2) is 54.6 Å². The van der Waals surface area contributed by atoms with Crippen LogP contribution in [0.3, 0.4) is 0 Å². The Morgan fingerprint density at radius 3 is 2.37 bits per heavy atom. The van der Waals surface area contributed by atoms with Crippen molar-refractivity contribution < 1.29 is 19.1 Å². The lowest BCUT2D eigenvalue weighted by Crippen LogP contribution is -2.28. The lowest BCUT2D eigenvalue weighted by Gasteiger charge is -2.11. The van der Waals surface area contributed by atoms with E-state index in [4.69, 9.17) is 9.47 Å². The van der Waals surface area contributed by atoms with Gasteiger partial charge in [-0.15, -0.1) is 0 Å². The number of carbonyl (C=O) groups is 2. The Hall–Kier alpha value is -3.33. The van der Waals surface area contributed by atoms with Crippen molar-refractivity contribution in [2.45, 2.75) is 12.8 Å². The van der Waals surface area contributed by atoms with E-state index in [1.165, 1.54) is 0 Å². The minimum absolute atomic E-state index is 0.193. The molecule has 2 aromatic rings. The van der Waals surface area contributed by atoms with Gasteiger partial charge in [0.2, 0.25) is 5.91 Å². The van der Waals surface area contributed by atoms with E-state index in [0.717, 1.165) is 5.56 Å². The number of benzene rings is 2. The first-order chi connectivity index (χ1) is 13.1.